The largest absolute Gasteiger partial charge is 0.478 e. The van der Waals surface area contributed by atoms with Gasteiger partial charge in [-0.05, 0) is 23.7 Å². The van der Waals surface area contributed by atoms with Crippen molar-refractivity contribution in [2.24, 2.45) is 5.11 Å². The second kappa shape index (κ2) is 5.35. The monoisotopic (exact) mass is 267 g/mol. The van der Waals surface area contributed by atoms with Crippen LogP contribution in [0.15, 0.2) is 40.9 Å². The Labute approximate surface area is 103 Å². The fourth-order valence-electron chi connectivity index (χ4n) is 1.27. The molecule has 0 unspecified atom stereocenters. The van der Waals surface area contributed by atoms with Gasteiger partial charge >= 0.3 is 5.97 Å². The molecule has 0 aliphatic carbocycles. The predicted octanol–water partition coefficient (Wildman–Crippen LogP) is 2.29. The number of nitrogens with zero attached hydrogens (tertiary/aromatic N) is 3. The topological polar surface area (TPSA) is 120 Å². The van der Waals surface area contributed by atoms with Gasteiger partial charge in [0.1, 0.15) is 0 Å². The first-order valence-electron chi connectivity index (χ1n) is 4.68. The van der Waals surface area contributed by atoms with Gasteiger partial charge in [-0.1, -0.05) is 11.2 Å². The van der Waals surface area contributed by atoms with E-state index < -0.39 is 15.8 Å². The first-order chi connectivity index (χ1) is 8.42. The Morgan fingerprint density at radius 1 is 1.56 bits per heavy atom. The zero-order valence-electron chi connectivity index (χ0n) is 9.15. The summed E-state index contributed by atoms with van der Waals surface area (Å²) in [5, 5.41) is 12.0. The number of hydrogen-bond acceptors (Lipinski definition) is 4. The Morgan fingerprint density at radius 3 is 2.72 bits per heavy atom. The van der Waals surface area contributed by atoms with Crippen LogP contribution in [-0.4, -0.2) is 25.2 Å². The van der Waals surface area contributed by atoms with Crippen LogP contribution in [0.2, 0.25) is 0 Å². The molecule has 8 heteroatoms. The van der Waals surface area contributed by atoms with Gasteiger partial charge in [0.15, 0.2) is 9.84 Å². The molecule has 0 aliphatic heterocycles. The maximum atomic E-state index is 11.7. The average Bonchev–Trinajstić information content (AvgIpc) is 2.29. The average molecular weight is 267 g/mol. The molecule has 0 heterocycles. The van der Waals surface area contributed by atoms with Crippen LogP contribution in [0, 0.1) is 0 Å². The molecule has 0 aromatic heterocycles. The van der Waals surface area contributed by atoms with E-state index in [-0.39, 0.29) is 21.9 Å². The lowest BCUT2D eigenvalue weighted by molar-refractivity contribution is 0.0697. The summed E-state index contributed by atoms with van der Waals surface area (Å²) in [6.45, 7) is 3.32. The number of carboxylic acid groups (broad SMARTS) is 1. The summed E-state index contributed by atoms with van der Waals surface area (Å²) in [5.41, 5.74) is 7.82. The fourth-order valence-corrected chi connectivity index (χ4v) is 2.34. The number of carbonyl (C=O) groups is 1. The second-order valence-electron chi connectivity index (χ2n) is 3.24. The van der Waals surface area contributed by atoms with E-state index in [0.717, 1.165) is 18.2 Å². The van der Waals surface area contributed by atoms with Crippen LogP contribution in [0.1, 0.15) is 10.4 Å². The molecule has 0 fully saturated rings. The number of rotatable bonds is 5. The van der Waals surface area contributed by atoms with Crippen molar-refractivity contribution in [1.82, 2.24) is 0 Å². The molecule has 1 rings (SSSR count). The van der Waals surface area contributed by atoms with E-state index in [9.17, 15) is 13.2 Å². The summed E-state index contributed by atoms with van der Waals surface area (Å²) >= 11 is 0. The number of benzene rings is 1. The van der Waals surface area contributed by atoms with Crippen LogP contribution in [0.4, 0.5) is 5.69 Å². The molecular weight excluding hydrogens is 258 g/mol. The van der Waals surface area contributed by atoms with Crippen molar-refractivity contribution in [3.63, 3.8) is 0 Å². The molecule has 0 spiro atoms. The summed E-state index contributed by atoms with van der Waals surface area (Å²) in [6.07, 6.45) is 1.22. The lowest BCUT2D eigenvalue weighted by Crippen LogP contribution is -2.05. The standard InChI is InChI=1S/C10H9N3O4S/c1-2-5-18(16,17)7-3-4-8(10(14)15)9(6-7)12-13-11/h2-4,6H,1,5H2,(H,14,15). The van der Waals surface area contributed by atoms with Crippen LogP contribution < -0.4 is 0 Å². The third-order valence-electron chi connectivity index (χ3n) is 2.05. The molecule has 1 N–H and O–H groups in total. The van der Waals surface area contributed by atoms with Gasteiger partial charge in [-0.3, -0.25) is 0 Å². The fraction of sp³-hybridized carbons (Fsp3) is 0.100. The van der Waals surface area contributed by atoms with Gasteiger partial charge in [0, 0.05) is 4.91 Å². The Bertz CT molecular complexity index is 645. The molecule has 1 aromatic rings. The van der Waals surface area contributed by atoms with Gasteiger partial charge in [-0.25, -0.2) is 13.2 Å². The van der Waals surface area contributed by atoms with E-state index >= 15 is 0 Å². The summed E-state index contributed by atoms with van der Waals surface area (Å²) < 4.78 is 23.4. The zero-order valence-corrected chi connectivity index (χ0v) is 9.96. The second-order valence-corrected chi connectivity index (χ2v) is 5.28. The SMILES string of the molecule is C=CCS(=O)(=O)c1ccc(C(=O)O)c(N=[N+]=[N-])c1. The predicted molar refractivity (Wildman–Crippen MR) is 64.5 cm³/mol. The van der Waals surface area contributed by atoms with Gasteiger partial charge in [0.25, 0.3) is 0 Å². The number of azide groups is 1. The van der Waals surface area contributed by atoms with Crippen LogP contribution in [0.5, 0.6) is 0 Å². The molecule has 18 heavy (non-hydrogen) atoms. The molecule has 0 aliphatic rings. The van der Waals surface area contributed by atoms with Gasteiger partial charge in [0.05, 0.1) is 21.9 Å². The highest BCUT2D eigenvalue weighted by Gasteiger charge is 2.16. The Hall–Kier alpha value is -2.31. The van der Waals surface area contributed by atoms with Crippen molar-refractivity contribution in [2.75, 3.05) is 5.75 Å². The molecule has 0 saturated heterocycles. The van der Waals surface area contributed by atoms with E-state index in [4.69, 9.17) is 10.6 Å². The highest BCUT2D eigenvalue weighted by Crippen LogP contribution is 2.24. The molecule has 94 valence electrons. The first-order valence-corrected chi connectivity index (χ1v) is 6.33. The Balaban J connectivity index is 3.45. The van der Waals surface area contributed by atoms with Crippen molar-refractivity contribution in [2.45, 2.75) is 4.90 Å². The van der Waals surface area contributed by atoms with Crippen LogP contribution >= 0.6 is 0 Å². The van der Waals surface area contributed by atoms with Gasteiger partial charge in [-0.15, -0.1) is 6.58 Å². The normalized spacial score (nSPS) is 10.4. The number of aromatic carboxylic acids is 1. The molecule has 7 nitrogen and oxygen atoms in total. The van der Waals surface area contributed by atoms with E-state index in [1.54, 1.807) is 0 Å². The summed E-state index contributed by atoms with van der Waals surface area (Å²) in [6, 6.07) is 3.27. The summed E-state index contributed by atoms with van der Waals surface area (Å²) in [7, 11) is -3.59. The number of carboxylic acids is 1. The van der Waals surface area contributed by atoms with Gasteiger partial charge < -0.3 is 5.11 Å². The minimum absolute atomic E-state index is 0.116. The minimum Gasteiger partial charge on any atom is -0.478 e. The number of sulfone groups is 1. The Kier molecular flexibility index (Phi) is 4.09. The molecule has 0 radical (unpaired) electrons. The molecule has 0 saturated carbocycles. The van der Waals surface area contributed by atoms with E-state index in [0.29, 0.717) is 0 Å². The van der Waals surface area contributed by atoms with Gasteiger partial charge in [0.2, 0.25) is 0 Å². The highest BCUT2D eigenvalue weighted by atomic mass is 32.2. The van der Waals surface area contributed by atoms with E-state index in [1.165, 1.54) is 6.08 Å². The quantitative estimate of drug-likeness (QED) is 0.380. The lowest BCUT2D eigenvalue weighted by Gasteiger charge is -2.05. The molecule has 1 aromatic carbocycles. The van der Waals surface area contributed by atoms with Gasteiger partial charge in [-0.2, -0.15) is 0 Å². The molecule has 0 bridgehead atoms. The van der Waals surface area contributed by atoms with Crippen molar-refractivity contribution in [3.8, 4) is 0 Å². The minimum atomic E-state index is -3.59. The van der Waals surface area contributed by atoms with Crippen LogP contribution in [-0.2, 0) is 9.84 Å². The van der Waals surface area contributed by atoms with Crippen molar-refractivity contribution < 1.29 is 18.3 Å². The smallest absolute Gasteiger partial charge is 0.336 e. The maximum absolute atomic E-state index is 11.7. The zero-order chi connectivity index (χ0) is 13.8. The molecular formula is C10H9N3O4S. The summed E-state index contributed by atoms with van der Waals surface area (Å²) in [4.78, 5) is 13.2. The van der Waals surface area contributed by atoms with Crippen molar-refractivity contribution >= 4 is 21.5 Å². The summed E-state index contributed by atoms with van der Waals surface area (Å²) in [5.74, 6) is -1.58. The lowest BCUT2D eigenvalue weighted by atomic mass is 10.2. The highest BCUT2D eigenvalue weighted by molar-refractivity contribution is 7.91. The first kappa shape index (κ1) is 13.8. The van der Waals surface area contributed by atoms with E-state index in [1.807, 2.05) is 0 Å². The number of hydrogen-bond donors (Lipinski definition) is 1. The Morgan fingerprint density at radius 2 is 2.22 bits per heavy atom. The third-order valence-corrected chi connectivity index (χ3v) is 3.70. The molecule has 0 atom stereocenters. The van der Waals surface area contributed by atoms with Crippen LogP contribution in [0.25, 0.3) is 10.4 Å². The van der Waals surface area contributed by atoms with E-state index in [2.05, 4.69) is 16.6 Å². The van der Waals surface area contributed by atoms with Crippen molar-refractivity contribution in [1.29, 1.82) is 0 Å². The third kappa shape index (κ3) is 2.88. The molecule has 0 amide bonds. The van der Waals surface area contributed by atoms with Crippen LogP contribution in [0.3, 0.4) is 0 Å². The maximum Gasteiger partial charge on any atom is 0.336 e. The van der Waals surface area contributed by atoms with Crippen molar-refractivity contribution in [3.05, 3.63) is 46.9 Å².